The number of anilines is 1. The molecular weight excluding hydrogens is 358 g/mol. The van der Waals surface area contributed by atoms with Gasteiger partial charge in [0.1, 0.15) is 0 Å². The van der Waals surface area contributed by atoms with Gasteiger partial charge >= 0.3 is 0 Å². The zero-order chi connectivity index (χ0) is 20.4. The average molecular weight is 383 g/mol. The molecule has 0 N–H and O–H groups in total. The molecule has 0 heterocycles. The molecule has 0 radical (unpaired) electrons. The third-order valence-electron chi connectivity index (χ3n) is 5.24. The molecular formula is C26H25NO2. The monoisotopic (exact) mass is 383 g/mol. The second-order valence-corrected chi connectivity index (χ2v) is 7.23. The van der Waals surface area contributed by atoms with Crippen LogP contribution in [-0.4, -0.2) is 28.3 Å². The number of para-hydroxylation sites is 1. The van der Waals surface area contributed by atoms with E-state index in [4.69, 9.17) is 9.47 Å². The first-order chi connectivity index (χ1) is 14.1. The summed E-state index contributed by atoms with van der Waals surface area (Å²) in [6.07, 6.45) is 0. The van der Waals surface area contributed by atoms with Gasteiger partial charge in [-0.3, -0.25) is 0 Å². The normalized spacial score (nSPS) is 10.8. The maximum Gasteiger partial charge on any atom is 0.161 e. The van der Waals surface area contributed by atoms with Crippen LogP contribution >= 0.6 is 0 Å². The molecule has 0 fully saturated rings. The standard InChI is InChI=1S/C26H25NO2/c1-27(2)24-13-9-8-12-21(24)19-14-20-16-25(28-3)26(29-4)17-23(20)22(15-19)18-10-6-5-7-11-18/h5-17H,1-4H3. The van der Waals surface area contributed by atoms with E-state index in [2.05, 4.69) is 91.8 Å². The molecule has 0 aliphatic heterocycles. The van der Waals surface area contributed by atoms with Gasteiger partial charge in [0, 0.05) is 25.3 Å². The van der Waals surface area contributed by atoms with E-state index in [9.17, 15) is 0 Å². The Hall–Kier alpha value is -3.46. The molecule has 0 amide bonds. The summed E-state index contributed by atoms with van der Waals surface area (Å²) in [7, 11) is 7.50. The lowest BCUT2D eigenvalue weighted by atomic mass is 9.92. The smallest absolute Gasteiger partial charge is 0.161 e. The molecule has 0 saturated heterocycles. The van der Waals surface area contributed by atoms with E-state index in [1.165, 1.54) is 27.9 Å². The Morgan fingerprint density at radius 1 is 0.621 bits per heavy atom. The maximum atomic E-state index is 5.57. The first kappa shape index (κ1) is 18.9. The van der Waals surface area contributed by atoms with Crippen molar-refractivity contribution in [3.63, 3.8) is 0 Å². The number of hydrogen-bond acceptors (Lipinski definition) is 3. The molecule has 0 aromatic heterocycles. The van der Waals surface area contributed by atoms with Gasteiger partial charge in [0.2, 0.25) is 0 Å². The van der Waals surface area contributed by atoms with E-state index in [0.717, 1.165) is 22.3 Å². The van der Waals surface area contributed by atoms with Crippen LogP contribution in [0.25, 0.3) is 33.0 Å². The largest absolute Gasteiger partial charge is 0.493 e. The minimum absolute atomic E-state index is 0.733. The van der Waals surface area contributed by atoms with Gasteiger partial charge < -0.3 is 14.4 Å². The minimum atomic E-state index is 0.733. The first-order valence-corrected chi connectivity index (χ1v) is 9.64. The zero-order valence-corrected chi connectivity index (χ0v) is 17.3. The SMILES string of the molecule is COc1cc2cc(-c3ccccc3N(C)C)cc(-c3ccccc3)c2cc1OC. The summed E-state index contributed by atoms with van der Waals surface area (Å²) in [4.78, 5) is 2.15. The molecule has 146 valence electrons. The lowest BCUT2D eigenvalue weighted by Gasteiger charge is -2.19. The molecule has 4 aromatic rings. The number of fused-ring (bicyclic) bond motifs is 1. The fourth-order valence-corrected chi connectivity index (χ4v) is 3.81. The fraction of sp³-hybridized carbons (Fsp3) is 0.154. The van der Waals surface area contributed by atoms with Gasteiger partial charge in [-0.2, -0.15) is 0 Å². The number of hydrogen-bond donors (Lipinski definition) is 0. The van der Waals surface area contributed by atoms with Gasteiger partial charge in [-0.25, -0.2) is 0 Å². The summed E-state index contributed by atoms with van der Waals surface area (Å²) in [6.45, 7) is 0. The Kier molecular flexibility index (Phi) is 5.13. The van der Waals surface area contributed by atoms with Crippen LogP contribution in [-0.2, 0) is 0 Å². The highest BCUT2D eigenvalue weighted by Gasteiger charge is 2.14. The first-order valence-electron chi connectivity index (χ1n) is 9.64. The Bertz CT molecular complexity index is 1150. The van der Waals surface area contributed by atoms with Gasteiger partial charge in [-0.15, -0.1) is 0 Å². The molecule has 0 atom stereocenters. The van der Waals surface area contributed by atoms with Gasteiger partial charge in [-0.1, -0.05) is 48.5 Å². The van der Waals surface area contributed by atoms with E-state index in [0.29, 0.717) is 0 Å². The molecule has 0 unspecified atom stereocenters. The van der Waals surface area contributed by atoms with Crippen molar-refractivity contribution >= 4 is 16.5 Å². The minimum Gasteiger partial charge on any atom is -0.493 e. The van der Waals surface area contributed by atoms with Crippen LogP contribution in [0, 0.1) is 0 Å². The molecule has 0 bridgehead atoms. The van der Waals surface area contributed by atoms with E-state index in [-0.39, 0.29) is 0 Å². The third kappa shape index (κ3) is 3.52. The Morgan fingerprint density at radius 2 is 1.28 bits per heavy atom. The molecule has 0 aliphatic rings. The van der Waals surface area contributed by atoms with Crippen LogP contribution in [0.4, 0.5) is 5.69 Å². The van der Waals surface area contributed by atoms with Crippen molar-refractivity contribution in [2.24, 2.45) is 0 Å². The molecule has 4 aromatic carbocycles. The summed E-state index contributed by atoms with van der Waals surface area (Å²) < 4.78 is 11.1. The van der Waals surface area contributed by atoms with Gasteiger partial charge in [0.25, 0.3) is 0 Å². The number of benzene rings is 4. The summed E-state index contributed by atoms with van der Waals surface area (Å²) in [5.41, 5.74) is 5.91. The molecule has 0 aliphatic carbocycles. The predicted molar refractivity (Wildman–Crippen MR) is 122 cm³/mol. The average Bonchev–Trinajstić information content (AvgIpc) is 2.77. The maximum absolute atomic E-state index is 5.57. The fourth-order valence-electron chi connectivity index (χ4n) is 3.81. The topological polar surface area (TPSA) is 21.7 Å². The summed E-state index contributed by atoms with van der Waals surface area (Å²) in [5.74, 6) is 1.47. The Balaban J connectivity index is 2.06. The van der Waals surface area contributed by atoms with E-state index >= 15 is 0 Å². The number of methoxy groups -OCH3 is 2. The van der Waals surface area contributed by atoms with E-state index in [1.807, 2.05) is 6.07 Å². The van der Waals surface area contributed by atoms with Gasteiger partial charge in [0.05, 0.1) is 14.2 Å². The Labute approximate surface area is 172 Å². The molecule has 0 spiro atoms. The molecule has 4 rings (SSSR count). The van der Waals surface area contributed by atoms with Gasteiger partial charge in [0.15, 0.2) is 11.5 Å². The quantitative estimate of drug-likeness (QED) is 0.406. The van der Waals surface area contributed by atoms with Crippen molar-refractivity contribution in [2.45, 2.75) is 0 Å². The zero-order valence-electron chi connectivity index (χ0n) is 17.3. The lowest BCUT2D eigenvalue weighted by molar-refractivity contribution is 0.356. The highest BCUT2D eigenvalue weighted by Crippen LogP contribution is 2.41. The molecule has 3 nitrogen and oxygen atoms in total. The second kappa shape index (κ2) is 7.88. The molecule has 3 heteroatoms. The Morgan fingerprint density at radius 3 is 1.97 bits per heavy atom. The van der Waals surface area contributed by atoms with Crippen molar-refractivity contribution in [3.05, 3.63) is 78.9 Å². The summed E-state index contributed by atoms with van der Waals surface area (Å²) >= 11 is 0. The molecule has 0 saturated carbocycles. The highest BCUT2D eigenvalue weighted by molar-refractivity contribution is 6.02. The highest BCUT2D eigenvalue weighted by atomic mass is 16.5. The lowest BCUT2D eigenvalue weighted by Crippen LogP contribution is -2.09. The number of nitrogens with zero attached hydrogens (tertiary/aromatic N) is 1. The van der Waals surface area contributed by atoms with E-state index < -0.39 is 0 Å². The predicted octanol–water partition coefficient (Wildman–Crippen LogP) is 6.26. The van der Waals surface area contributed by atoms with Crippen LogP contribution < -0.4 is 14.4 Å². The van der Waals surface area contributed by atoms with Crippen LogP contribution in [0.5, 0.6) is 11.5 Å². The number of ether oxygens (including phenoxy) is 2. The van der Waals surface area contributed by atoms with Crippen molar-refractivity contribution in [3.8, 4) is 33.8 Å². The second-order valence-electron chi connectivity index (χ2n) is 7.23. The summed E-state index contributed by atoms with van der Waals surface area (Å²) in [5, 5.41) is 2.26. The van der Waals surface area contributed by atoms with Crippen molar-refractivity contribution < 1.29 is 9.47 Å². The van der Waals surface area contributed by atoms with Crippen LogP contribution in [0.15, 0.2) is 78.9 Å². The van der Waals surface area contributed by atoms with Crippen LogP contribution in [0.3, 0.4) is 0 Å². The van der Waals surface area contributed by atoms with Crippen LogP contribution in [0.2, 0.25) is 0 Å². The third-order valence-corrected chi connectivity index (χ3v) is 5.24. The van der Waals surface area contributed by atoms with Crippen molar-refractivity contribution in [1.82, 2.24) is 0 Å². The number of rotatable bonds is 5. The van der Waals surface area contributed by atoms with Crippen LogP contribution in [0.1, 0.15) is 0 Å². The van der Waals surface area contributed by atoms with Crippen molar-refractivity contribution in [1.29, 1.82) is 0 Å². The molecule has 29 heavy (non-hydrogen) atoms. The van der Waals surface area contributed by atoms with E-state index in [1.54, 1.807) is 14.2 Å². The summed E-state index contributed by atoms with van der Waals surface area (Å²) in [6, 6.07) is 27.6. The van der Waals surface area contributed by atoms with Crippen molar-refractivity contribution in [2.75, 3.05) is 33.2 Å². The van der Waals surface area contributed by atoms with Gasteiger partial charge in [-0.05, 0) is 57.8 Å².